The summed E-state index contributed by atoms with van der Waals surface area (Å²) in [6.07, 6.45) is 8.17. The van der Waals surface area contributed by atoms with Gasteiger partial charge >= 0.3 is 5.97 Å². The fraction of sp³-hybridized carbons (Fsp3) is 0.700. The average molecular weight is 206 g/mol. The van der Waals surface area contributed by atoms with Crippen LogP contribution in [0.3, 0.4) is 0 Å². The highest BCUT2D eigenvalue weighted by Crippen LogP contribution is 2.79. The summed E-state index contributed by atoms with van der Waals surface area (Å²) in [6, 6.07) is 0. The Bertz CT molecular complexity index is 255. The normalized spacial score (nSPS) is 17.1. The van der Waals surface area contributed by atoms with Crippen molar-refractivity contribution in [3.8, 4) is 0 Å². The van der Waals surface area contributed by atoms with E-state index >= 15 is 0 Å². The minimum Gasteiger partial charge on any atom is -0.430 e. The van der Waals surface area contributed by atoms with Crippen LogP contribution < -0.4 is 0 Å². The first-order chi connectivity index (χ1) is 5.39. The van der Waals surface area contributed by atoms with Crippen molar-refractivity contribution in [1.29, 1.82) is 0 Å². The van der Waals surface area contributed by atoms with Gasteiger partial charge in [-0.25, -0.2) is 4.79 Å². The summed E-state index contributed by atoms with van der Waals surface area (Å²) in [7, 11) is -2.61. The molecule has 13 heavy (non-hydrogen) atoms. The first-order valence-corrected chi connectivity index (χ1v) is 8.48. The van der Waals surface area contributed by atoms with Crippen LogP contribution in [0.15, 0.2) is 12.2 Å². The minimum absolute atomic E-state index is 0.279. The second kappa shape index (κ2) is 2.53. The monoisotopic (exact) mass is 206 g/mol. The molecular formula is C10H22O2S. The molecule has 80 valence electrons. The third kappa shape index (κ3) is 4.36. The van der Waals surface area contributed by atoms with Crippen molar-refractivity contribution < 1.29 is 8.98 Å². The Balaban J connectivity index is 4.90. The lowest BCUT2D eigenvalue weighted by molar-refractivity contribution is -0.129. The summed E-state index contributed by atoms with van der Waals surface area (Å²) in [5.41, 5.74) is 0.464. The Morgan fingerprint density at radius 2 is 1.69 bits per heavy atom. The Hall–Kier alpha value is -0.440. The first kappa shape index (κ1) is 12.6. The molecule has 0 aliphatic heterocycles. The highest BCUT2D eigenvalue weighted by atomic mass is 32.4. The summed E-state index contributed by atoms with van der Waals surface area (Å²) in [6.45, 7) is 7.30. The molecule has 0 aliphatic carbocycles. The van der Waals surface area contributed by atoms with Gasteiger partial charge < -0.3 is 4.18 Å². The number of hydrogen-bond acceptors (Lipinski definition) is 2. The maximum atomic E-state index is 11.4. The van der Waals surface area contributed by atoms with Crippen molar-refractivity contribution in [2.75, 3.05) is 30.8 Å². The van der Waals surface area contributed by atoms with Crippen LogP contribution in [0, 0.1) is 0 Å². The van der Waals surface area contributed by atoms with Crippen LogP contribution in [-0.4, -0.2) is 36.7 Å². The summed E-state index contributed by atoms with van der Waals surface area (Å²) in [5.74, 6) is 0.581. The van der Waals surface area contributed by atoms with Crippen LogP contribution in [0.5, 0.6) is 0 Å². The molecule has 0 radical (unpaired) electrons. The molecule has 0 unspecified atom stereocenters. The van der Waals surface area contributed by atoms with E-state index < -0.39 is 8.58 Å². The summed E-state index contributed by atoms with van der Waals surface area (Å²) >= 11 is 0. The van der Waals surface area contributed by atoms with E-state index in [9.17, 15) is 4.79 Å². The Morgan fingerprint density at radius 1 is 1.31 bits per heavy atom. The molecule has 0 saturated heterocycles. The number of rotatable bonds is 3. The second-order valence-corrected chi connectivity index (χ2v) is 15.3. The standard InChI is InChI=1S/C10H22O2S/c1-8-13(4,5,6,7)12-10(11)9(2)3/h2,8H2,1,3-7H3. The molecule has 0 spiro atoms. The van der Waals surface area contributed by atoms with Gasteiger partial charge in [0.2, 0.25) is 0 Å². The van der Waals surface area contributed by atoms with Gasteiger partial charge in [0.1, 0.15) is 0 Å². The third-order valence-corrected chi connectivity index (χ3v) is 5.57. The molecule has 3 heteroatoms. The van der Waals surface area contributed by atoms with Crippen molar-refractivity contribution in [2.45, 2.75) is 13.8 Å². The van der Waals surface area contributed by atoms with Crippen molar-refractivity contribution in [1.82, 2.24) is 0 Å². The lowest BCUT2D eigenvalue weighted by Crippen LogP contribution is -2.38. The van der Waals surface area contributed by atoms with Gasteiger partial charge in [-0.15, -0.1) is 0 Å². The van der Waals surface area contributed by atoms with E-state index in [-0.39, 0.29) is 5.97 Å². The largest absolute Gasteiger partial charge is 0.430 e. The van der Waals surface area contributed by atoms with Gasteiger partial charge in [-0.2, -0.15) is 8.58 Å². The molecule has 2 nitrogen and oxygen atoms in total. The SMILES string of the molecule is C=C(C)C(=O)OS(C)(C)(C)(C)CC. The molecule has 0 atom stereocenters. The van der Waals surface area contributed by atoms with Crippen LogP contribution in [-0.2, 0) is 8.98 Å². The van der Waals surface area contributed by atoms with Crippen LogP contribution in [0.25, 0.3) is 0 Å². The van der Waals surface area contributed by atoms with Crippen molar-refractivity contribution in [3.63, 3.8) is 0 Å². The van der Waals surface area contributed by atoms with Gasteiger partial charge in [-0.3, -0.25) is 0 Å². The number of carbonyl (C=O) groups is 1. The fourth-order valence-electron chi connectivity index (χ4n) is 0.486. The predicted molar refractivity (Wildman–Crippen MR) is 62.7 cm³/mol. The van der Waals surface area contributed by atoms with E-state index in [0.717, 1.165) is 5.75 Å². The number of carbonyl (C=O) groups excluding carboxylic acids is 1. The summed E-state index contributed by atoms with van der Waals surface area (Å²) < 4.78 is 5.60. The third-order valence-electron chi connectivity index (χ3n) is 2.09. The van der Waals surface area contributed by atoms with E-state index in [1.165, 1.54) is 0 Å². The van der Waals surface area contributed by atoms with E-state index in [1.807, 2.05) is 31.9 Å². The van der Waals surface area contributed by atoms with E-state index in [0.29, 0.717) is 5.57 Å². The Morgan fingerprint density at radius 3 is 1.92 bits per heavy atom. The minimum atomic E-state index is -2.61. The van der Waals surface area contributed by atoms with E-state index in [4.69, 9.17) is 4.18 Å². The van der Waals surface area contributed by atoms with E-state index in [2.05, 4.69) is 6.58 Å². The predicted octanol–water partition coefficient (Wildman–Crippen LogP) is 2.44. The van der Waals surface area contributed by atoms with Crippen LogP contribution in [0.2, 0.25) is 0 Å². The molecule has 0 amide bonds. The maximum absolute atomic E-state index is 11.4. The molecular weight excluding hydrogens is 184 g/mol. The topological polar surface area (TPSA) is 26.3 Å². The zero-order valence-corrected chi connectivity index (χ0v) is 10.5. The molecule has 0 aromatic rings. The molecule has 0 rings (SSSR count). The fourth-order valence-corrected chi connectivity index (χ4v) is 1.46. The van der Waals surface area contributed by atoms with Gasteiger partial charge in [0.15, 0.2) is 0 Å². The smallest absolute Gasteiger partial charge is 0.342 e. The molecule has 0 bridgehead atoms. The number of hydrogen-bond donors (Lipinski definition) is 0. The highest BCUT2D eigenvalue weighted by molar-refractivity contribution is 8.59. The molecule has 0 aromatic heterocycles. The molecule has 0 heterocycles. The van der Waals surface area contributed by atoms with Crippen molar-refractivity contribution in [2.24, 2.45) is 0 Å². The lowest BCUT2D eigenvalue weighted by atomic mass is 10.4. The Kier molecular flexibility index (Phi) is 2.45. The zero-order valence-electron chi connectivity index (χ0n) is 9.64. The molecule has 0 saturated carbocycles. The van der Waals surface area contributed by atoms with Gasteiger partial charge in [0.25, 0.3) is 0 Å². The second-order valence-electron chi connectivity index (χ2n) is 5.83. The quantitative estimate of drug-likeness (QED) is 0.663. The Labute approximate surface area is 80.8 Å². The highest BCUT2D eigenvalue weighted by Gasteiger charge is 2.43. The van der Waals surface area contributed by atoms with Crippen LogP contribution in [0.4, 0.5) is 0 Å². The average Bonchev–Trinajstić information content (AvgIpc) is 1.84. The van der Waals surface area contributed by atoms with Crippen LogP contribution in [0.1, 0.15) is 13.8 Å². The molecule has 0 N–H and O–H groups in total. The van der Waals surface area contributed by atoms with Crippen molar-refractivity contribution >= 4 is 14.5 Å². The van der Waals surface area contributed by atoms with Crippen molar-refractivity contribution in [3.05, 3.63) is 12.2 Å². The first-order valence-electron chi connectivity index (χ1n) is 4.31. The van der Waals surface area contributed by atoms with Gasteiger partial charge in [0.05, 0.1) is 0 Å². The van der Waals surface area contributed by atoms with Gasteiger partial charge in [-0.05, 0) is 37.7 Å². The van der Waals surface area contributed by atoms with E-state index in [1.54, 1.807) is 6.92 Å². The summed E-state index contributed by atoms with van der Waals surface area (Å²) in [4.78, 5) is 11.4. The lowest BCUT2D eigenvalue weighted by Gasteiger charge is -2.67. The van der Waals surface area contributed by atoms with Gasteiger partial charge in [-0.1, -0.05) is 13.5 Å². The summed E-state index contributed by atoms with van der Waals surface area (Å²) in [5, 5.41) is 0. The molecule has 0 aromatic carbocycles. The van der Waals surface area contributed by atoms with Crippen LogP contribution >= 0.6 is 8.58 Å². The molecule has 0 fully saturated rings. The zero-order chi connectivity index (χ0) is 11.0. The van der Waals surface area contributed by atoms with Gasteiger partial charge in [0, 0.05) is 5.57 Å². The maximum Gasteiger partial charge on any atom is 0.342 e. The molecule has 0 aliphatic rings.